The van der Waals surface area contributed by atoms with E-state index < -0.39 is 5.82 Å². The minimum Gasteiger partial charge on any atom is -0.473 e. The molecule has 0 N–H and O–H groups in total. The average Bonchev–Trinajstić information content (AvgIpc) is 3.39. The van der Waals surface area contributed by atoms with E-state index in [4.69, 9.17) is 24.5 Å². The maximum Gasteiger partial charge on any atom is 0.337 e. The van der Waals surface area contributed by atoms with Crippen LogP contribution in [0, 0.1) is 17.1 Å². The quantitative estimate of drug-likeness (QED) is 0.263. The molecule has 0 amide bonds. The molecular weight excluding hydrogens is 551 g/mol. The summed E-state index contributed by atoms with van der Waals surface area (Å²) in [6.45, 7) is 6.79. The molecule has 2 aliphatic heterocycles. The lowest BCUT2D eigenvalue weighted by atomic mass is 10.1. The molecule has 2 atom stereocenters. The monoisotopic (exact) mass is 584 g/mol. The normalized spacial score (nSPS) is 17.7. The Morgan fingerprint density at radius 3 is 2.65 bits per heavy atom. The van der Waals surface area contributed by atoms with Crippen molar-refractivity contribution in [3.8, 4) is 11.9 Å². The number of halogens is 1. The summed E-state index contributed by atoms with van der Waals surface area (Å²) in [7, 11) is 1.39. The summed E-state index contributed by atoms with van der Waals surface area (Å²) in [5, 5.41) is 8.95. The number of hydrogen-bond acceptors (Lipinski definition) is 9. The van der Waals surface area contributed by atoms with Crippen LogP contribution < -0.4 is 9.64 Å². The molecule has 43 heavy (non-hydrogen) atoms. The Morgan fingerprint density at radius 2 is 1.95 bits per heavy atom. The second-order valence-corrected chi connectivity index (χ2v) is 10.8. The number of esters is 1. The third-order valence-corrected chi connectivity index (χ3v) is 8.20. The molecule has 4 aromatic rings. The molecule has 2 aromatic heterocycles. The number of ether oxygens (including phenoxy) is 3. The van der Waals surface area contributed by atoms with E-state index in [2.05, 4.69) is 26.3 Å². The van der Waals surface area contributed by atoms with Gasteiger partial charge in [-0.05, 0) is 49.7 Å². The lowest BCUT2D eigenvalue weighted by Crippen LogP contribution is -2.48. The average molecular weight is 585 g/mol. The highest BCUT2D eigenvalue weighted by Crippen LogP contribution is 2.29. The number of carbonyl (C=O) groups excluding carboxylic acids is 1. The van der Waals surface area contributed by atoms with Gasteiger partial charge in [-0.2, -0.15) is 10.2 Å². The van der Waals surface area contributed by atoms with Crippen molar-refractivity contribution in [1.82, 2.24) is 19.4 Å². The van der Waals surface area contributed by atoms with E-state index in [1.165, 1.54) is 13.2 Å². The number of nitrogens with zero attached hydrogens (tertiary/aromatic N) is 6. The topological polar surface area (TPSA) is 106 Å². The lowest BCUT2D eigenvalue weighted by molar-refractivity contribution is -0.0594. The van der Waals surface area contributed by atoms with E-state index in [9.17, 15) is 9.18 Å². The summed E-state index contributed by atoms with van der Waals surface area (Å²) in [4.78, 5) is 26.5. The van der Waals surface area contributed by atoms with Gasteiger partial charge in [-0.25, -0.2) is 14.2 Å². The molecule has 1 unspecified atom stereocenters. The summed E-state index contributed by atoms with van der Waals surface area (Å²) < 4.78 is 33.0. The largest absolute Gasteiger partial charge is 0.473 e. The zero-order chi connectivity index (χ0) is 29.9. The highest BCUT2D eigenvalue weighted by molar-refractivity contribution is 5.93. The predicted molar refractivity (Wildman–Crippen MR) is 157 cm³/mol. The van der Waals surface area contributed by atoms with E-state index >= 15 is 0 Å². The minimum atomic E-state index is -0.474. The zero-order valence-corrected chi connectivity index (χ0v) is 24.2. The lowest BCUT2D eigenvalue weighted by Gasteiger charge is -2.38. The first kappa shape index (κ1) is 28.6. The van der Waals surface area contributed by atoms with Gasteiger partial charge < -0.3 is 23.7 Å². The number of anilines is 1. The van der Waals surface area contributed by atoms with Gasteiger partial charge in [0.2, 0.25) is 5.88 Å². The summed E-state index contributed by atoms with van der Waals surface area (Å²) >= 11 is 0. The van der Waals surface area contributed by atoms with Crippen LogP contribution in [0.15, 0.2) is 54.6 Å². The summed E-state index contributed by atoms with van der Waals surface area (Å²) in [6, 6.07) is 17.4. The Morgan fingerprint density at radius 1 is 1.14 bits per heavy atom. The number of imidazole rings is 1. The van der Waals surface area contributed by atoms with Crippen LogP contribution in [0.2, 0.25) is 0 Å². The fourth-order valence-electron chi connectivity index (χ4n) is 5.58. The van der Waals surface area contributed by atoms with Gasteiger partial charge >= 0.3 is 5.97 Å². The minimum absolute atomic E-state index is 0.0211. The first-order valence-corrected chi connectivity index (χ1v) is 14.4. The van der Waals surface area contributed by atoms with E-state index in [0.717, 1.165) is 61.9 Å². The van der Waals surface area contributed by atoms with Crippen molar-refractivity contribution < 1.29 is 23.4 Å². The number of hydrogen-bond donors (Lipinski definition) is 0. The van der Waals surface area contributed by atoms with Gasteiger partial charge in [0.05, 0.1) is 54.0 Å². The number of rotatable bonds is 9. The molecule has 222 valence electrons. The summed E-state index contributed by atoms with van der Waals surface area (Å²) in [5.74, 6) is 1.32. The highest BCUT2D eigenvalue weighted by Gasteiger charge is 2.29. The molecule has 0 bridgehead atoms. The molecule has 6 rings (SSSR count). The van der Waals surface area contributed by atoms with E-state index in [-0.39, 0.29) is 30.3 Å². The molecule has 0 spiro atoms. The van der Waals surface area contributed by atoms with Gasteiger partial charge in [-0.3, -0.25) is 4.90 Å². The first-order valence-electron chi connectivity index (χ1n) is 14.4. The van der Waals surface area contributed by atoms with Crippen molar-refractivity contribution in [2.45, 2.75) is 38.6 Å². The Hall–Kier alpha value is -4.53. The Labute approximate surface area is 249 Å². The Balaban J connectivity index is 1.13. The van der Waals surface area contributed by atoms with Crippen LogP contribution in [0.1, 0.15) is 46.7 Å². The van der Waals surface area contributed by atoms with E-state index in [1.807, 2.05) is 30.3 Å². The number of carbonyl (C=O) groups is 1. The number of nitriles is 1. The fourth-order valence-corrected chi connectivity index (χ4v) is 5.58. The summed E-state index contributed by atoms with van der Waals surface area (Å²) in [6.07, 6.45) is 1.14. The molecule has 11 heteroatoms. The Bertz CT molecular complexity index is 1670. The molecular formula is C32H33FN6O4. The standard InChI is InChI=1S/C32H33FN6O4/c1-21(31-35-27-9-8-23(32(40)41-2)17-28(27)39(31)19-25-10-15-42-25)37-11-13-38(14-12-37)29-4-3-5-30(36-29)43-20-24-7-6-22(18-34)16-26(24)33/h3-9,16-17,21,25H,10-15,19-20H2,1-2H3/t21?,25-/m0/s1. The van der Waals surface area contributed by atoms with Gasteiger partial charge in [0.1, 0.15) is 24.1 Å². The SMILES string of the molecule is COC(=O)c1ccc2nc(C(C)N3CCN(c4cccc(OCc5ccc(C#N)cc5F)n4)CC3)n(C[C@@H]3CCO3)c2c1. The molecule has 0 radical (unpaired) electrons. The van der Waals surface area contributed by atoms with Crippen LogP contribution in [0.4, 0.5) is 10.2 Å². The first-order chi connectivity index (χ1) is 20.9. The maximum atomic E-state index is 14.3. The second kappa shape index (κ2) is 12.4. The van der Waals surface area contributed by atoms with Crippen molar-refractivity contribution in [3.63, 3.8) is 0 Å². The number of fused-ring (bicyclic) bond motifs is 1. The molecule has 0 saturated carbocycles. The summed E-state index contributed by atoms with van der Waals surface area (Å²) in [5.41, 5.74) is 2.88. The molecule has 10 nitrogen and oxygen atoms in total. The smallest absolute Gasteiger partial charge is 0.337 e. The Kier molecular flexibility index (Phi) is 8.22. The molecule has 0 aliphatic carbocycles. The molecule has 2 aromatic carbocycles. The van der Waals surface area contributed by atoms with Crippen molar-refractivity contribution in [1.29, 1.82) is 5.26 Å². The van der Waals surface area contributed by atoms with Gasteiger partial charge in [0.15, 0.2) is 0 Å². The third kappa shape index (κ3) is 6.02. The number of piperazine rings is 1. The van der Waals surface area contributed by atoms with Gasteiger partial charge in [0.25, 0.3) is 0 Å². The predicted octanol–water partition coefficient (Wildman–Crippen LogP) is 4.48. The van der Waals surface area contributed by atoms with Crippen LogP contribution >= 0.6 is 0 Å². The third-order valence-electron chi connectivity index (χ3n) is 8.20. The molecule has 2 aliphatic rings. The zero-order valence-electron chi connectivity index (χ0n) is 24.2. The number of aromatic nitrogens is 3. The maximum absolute atomic E-state index is 14.3. The van der Waals surface area contributed by atoms with Gasteiger partial charge in [-0.1, -0.05) is 12.1 Å². The van der Waals surface area contributed by atoms with Crippen LogP contribution in [0.25, 0.3) is 11.0 Å². The molecule has 4 heterocycles. The van der Waals surface area contributed by atoms with Gasteiger partial charge in [-0.15, -0.1) is 0 Å². The highest BCUT2D eigenvalue weighted by atomic mass is 19.1. The second-order valence-electron chi connectivity index (χ2n) is 10.8. The van der Waals surface area contributed by atoms with Crippen LogP contribution in [-0.4, -0.2) is 71.4 Å². The van der Waals surface area contributed by atoms with Crippen molar-refractivity contribution >= 4 is 22.8 Å². The fraction of sp³-hybridized carbons (Fsp3) is 0.375. The van der Waals surface area contributed by atoms with Gasteiger partial charge in [0, 0.05) is 44.4 Å². The van der Waals surface area contributed by atoms with Crippen LogP contribution in [0.5, 0.6) is 5.88 Å². The molecule has 2 saturated heterocycles. The van der Waals surface area contributed by atoms with E-state index in [1.54, 1.807) is 24.3 Å². The van der Waals surface area contributed by atoms with Crippen LogP contribution in [0.3, 0.4) is 0 Å². The van der Waals surface area contributed by atoms with E-state index in [0.29, 0.717) is 23.6 Å². The number of pyridine rings is 1. The molecule has 2 fully saturated rings. The van der Waals surface area contributed by atoms with Crippen molar-refractivity contribution in [2.75, 3.05) is 44.8 Å². The number of benzene rings is 2. The number of methoxy groups -OCH3 is 1. The van der Waals surface area contributed by atoms with Crippen molar-refractivity contribution in [2.24, 2.45) is 0 Å². The van der Waals surface area contributed by atoms with Crippen LogP contribution in [-0.2, 0) is 22.6 Å². The van der Waals surface area contributed by atoms with Crippen molar-refractivity contribution in [3.05, 3.63) is 82.9 Å².